The second kappa shape index (κ2) is 6.58. The summed E-state index contributed by atoms with van der Waals surface area (Å²) in [7, 11) is 0. The maximum atomic E-state index is 13.9. The Bertz CT molecular complexity index is 637. The van der Waals surface area contributed by atoms with Crippen LogP contribution in [0, 0.1) is 5.82 Å². The Labute approximate surface area is 129 Å². The molecule has 0 radical (unpaired) electrons. The van der Waals surface area contributed by atoms with E-state index >= 15 is 0 Å². The highest BCUT2D eigenvalue weighted by Gasteiger charge is 2.19. The van der Waals surface area contributed by atoms with Crippen LogP contribution in [0.4, 0.5) is 4.39 Å². The van der Waals surface area contributed by atoms with Crippen LogP contribution in [0.3, 0.4) is 0 Å². The highest BCUT2D eigenvalue weighted by atomic mass is 35.5. The molecule has 0 spiro atoms. The van der Waals surface area contributed by atoms with Gasteiger partial charge in [0, 0.05) is 21.8 Å². The van der Waals surface area contributed by atoms with Gasteiger partial charge in [-0.1, -0.05) is 25.4 Å². The van der Waals surface area contributed by atoms with Crippen LogP contribution in [-0.4, -0.2) is 14.9 Å². The van der Waals surface area contributed by atoms with Crippen molar-refractivity contribution in [2.75, 3.05) is 0 Å². The molecule has 1 N–H and O–H groups in total. The van der Waals surface area contributed by atoms with Crippen molar-refractivity contribution in [1.82, 2.24) is 9.78 Å². The van der Waals surface area contributed by atoms with E-state index in [-0.39, 0.29) is 5.82 Å². The fraction of sp³-hybridized carbons (Fsp3) is 0.438. The molecule has 5 heteroatoms. The molecule has 0 fully saturated rings. The zero-order valence-corrected chi connectivity index (χ0v) is 13.3. The highest BCUT2D eigenvalue weighted by Crippen LogP contribution is 2.25. The molecule has 1 unspecified atom stereocenters. The van der Waals surface area contributed by atoms with Crippen LogP contribution in [0.1, 0.15) is 49.4 Å². The van der Waals surface area contributed by atoms with E-state index in [4.69, 9.17) is 11.6 Å². The first-order chi connectivity index (χ1) is 9.97. The number of rotatable bonds is 5. The van der Waals surface area contributed by atoms with Gasteiger partial charge in [-0.2, -0.15) is 5.10 Å². The minimum atomic E-state index is -0.576. The van der Waals surface area contributed by atoms with Crippen LogP contribution in [0.2, 0.25) is 5.02 Å². The first-order valence-corrected chi connectivity index (χ1v) is 7.56. The van der Waals surface area contributed by atoms with Gasteiger partial charge in [-0.15, -0.1) is 0 Å². The van der Waals surface area contributed by atoms with Crippen LogP contribution >= 0.6 is 11.6 Å². The van der Waals surface area contributed by atoms with Crippen LogP contribution in [-0.2, 0) is 19.4 Å². The van der Waals surface area contributed by atoms with Crippen LogP contribution in [0.15, 0.2) is 18.2 Å². The van der Waals surface area contributed by atoms with Gasteiger partial charge in [0.1, 0.15) is 5.82 Å². The molecule has 0 aliphatic rings. The highest BCUT2D eigenvalue weighted by molar-refractivity contribution is 6.30. The molecular formula is C16H20ClFN2O. The molecule has 2 rings (SSSR count). The first-order valence-electron chi connectivity index (χ1n) is 7.18. The number of aryl methyl sites for hydroxylation is 1. The number of aliphatic hydroxyl groups excluding tert-OH is 1. The Kier molecular flexibility index (Phi) is 5.01. The molecule has 114 valence electrons. The van der Waals surface area contributed by atoms with Gasteiger partial charge < -0.3 is 5.11 Å². The Morgan fingerprint density at radius 2 is 2.05 bits per heavy atom. The maximum Gasteiger partial charge on any atom is 0.128 e. The topological polar surface area (TPSA) is 38.0 Å². The number of benzene rings is 1. The van der Waals surface area contributed by atoms with Crippen LogP contribution in [0.5, 0.6) is 0 Å². The van der Waals surface area contributed by atoms with Crippen molar-refractivity contribution in [3.05, 3.63) is 51.6 Å². The maximum absolute atomic E-state index is 13.9. The average Bonchev–Trinajstić information content (AvgIpc) is 2.80. The summed E-state index contributed by atoms with van der Waals surface area (Å²) in [6.07, 6.45) is 0.890. The van der Waals surface area contributed by atoms with Crippen molar-refractivity contribution in [1.29, 1.82) is 0 Å². The van der Waals surface area contributed by atoms with E-state index in [0.29, 0.717) is 17.1 Å². The van der Waals surface area contributed by atoms with E-state index in [1.165, 1.54) is 12.1 Å². The largest absolute Gasteiger partial charge is 0.389 e. The van der Waals surface area contributed by atoms with Crippen molar-refractivity contribution < 1.29 is 9.50 Å². The summed E-state index contributed by atoms with van der Waals surface area (Å²) in [6, 6.07) is 4.51. The fourth-order valence-electron chi connectivity index (χ4n) is 2.64. The monoisotopic (exact) mass is 310 g/mol. The summed E-state index contributed by atoms with van der Waals surface area (Å²) in [6.45, 7) is 6.06. The van der Waals surface area contributed by atoms with E-state index in [2.05, 4.69) is 5.10 Å². The summed E-state index contributed by atoms with van der Waals surface area (Å²) in [4.78, 5) is 0. The zero-order chi connectivity index (χ0) is 15.6. The molecule has 0 aliphatic heterocycles. The second-order valence-electron chi connectivity index (χ2n) is 5.08. The molecule has 1 aromatic heterocycles. The van der Waals surface area contributed by atoms with E-state index < -0.39 is 6.10 Å². The summed E-state index contributed by atoms with van der Waals surface area (Å²) in [5, 5.41) is 15.0. The Hall–Kier alpha value is -1.39. The van der Waals surface area contributed by atoms with Crippen LogP contribution in [0.25, 0.3) is 0 Å². The molecule has 1 aromatic carbocycles. The SMILES string of the molecule is CCc1nn(Cc2cc(Cl)ccc2F)c(CC)c1C(C)O. The summed E-state index contributed by atoms with van der Waals surface area (Å²) in [5.41, 5.74) is 3.17. The number of aromatic nitrogens is 2. The van der Waals surface area contributed by atoms with Gasteiger partial charge in [0.2, 0.25) is 0 Å². The summed E-state index contributed by atoms with van der Waals surface area (Å²) < 4.78 is 15.7. The van der Waals surface area contributed by atoms with E-state index in [1.807, 2.05) is 13.8 Å². The molecule has 2 aromatic rings. The third kappa shape index (κ3) is 3.27. The van der Waals surface area contributed by atoms with Gasteiger partial charge in [0.05, 0.1) is 18.3 Å². The molecule has 3 nitrogen and oxygen atoms in total. The third-order valence-electron chi connectivity index (χ3n) is 3.59. The van der Waals surface area contributed by atoms with E-state index in [9.17, 15) is 9.50 Å². The normalized spacial score (nSPS) is 12.7. The van der Waals surface area contributed by atoms with Crippen molar-refractivity contribution in [2.45, 2.75) is 46.3 Å². The molecule has 0 aliphatic carbocycles. The number of nitrogens with zero attached hydrogens (tertiary/aromatic N) is 2. The molecule has 1 atom stereocenters. The van der Waals surface area contributed by atoms with Gasteiger partial charge in [-0.3, -0.25) is 4.68 Å². The minimum Gasteiger partial charge on any atom is -0.389 e. The third-order valence-corrected chi connectivity index (χ3v) is 3.83. The van der Waals surface area contributed by atoms with E-state index in [0.717, 1.165) is 29.8 Å². The van der Waals surface area contributed by atoms with Crippen molar-refractivity contribution in [3.63, 3.8) is 0 Å². The molecule has 0 amide bonds. The smallest absolute Gasteiger partial charge is 0.128 e. The first kappa shape index (κ1) is 16.0. The van der Waals surface area contributed by atoms with Gasteiger partial charge in [-0.05, 0) is 38.0 Å². The van der Waals surface area contributed by atoms with Crippen molar-refractivity contribution in [3.8, 4) is 0 Å². The Balaban J connectivity index is 2.46. The number of hydrogen-bond acceptors (Lipinski definition) is 2. The number of aliphatic hydroxyl groups is 1. The van der Waals surface area contributed by atoms with Gasteiger partial charge in [0.25, 0.3) is 0 Å². The molecule has 21 heavy (non-hydrogen) atoms. The van der Waals surface area contributed by atoms with Gasteiger partial charge in [0.15, 0.2) is 0 Å². The zero-order valence-electron chi connectivity index (χ0n) is 12.5. The lowest BCUT2D eigenvalue weighted by molar-refractivity contribution is 0.197. The lowest BCUT2D eigenvalue weighted by Crippen LogP contribution is -2.08. The minimum absolute atomic E-state index is 0.298. The fourth-order valence-corrected chi connectivity index (χ4v) is 2.83. The Morgan fingerprint density at radius 1 is 1.33 bits per heavy atom. The van der Waals surface area contributed by atoms with Crippen LogP contribution < -0.4 is 0 Å². The van der Waals surface area contributed by atoms with Gasteiger partial charge in [-0.25, -0.2) is 4.39 Å². The lowest BCUT2D eigenvalue weighted by atomic mass is 10.0. The number of hydrogen-bond donors (Lipinski definition) is 1. The predicted molar refractivity (Wildman–Crippen MR) is 82.1 cm³/mol. The quantitative estimate of drug-likeness (QED) is 0.909. The van der Waals surface area contributed by atoms with Crippen molar-refractivity contribution in [2.24, 2.45) is 0 Å². The predicted octanol–water partition coefficient (Wildman–Crippen LogP) is 3.90. The number of halogens is 2. The second-order valence-corrected chi connectivity index (χ2v) is 5.52. The lowest BCUT2D eigenvalue weighted by Gasteiger charge is -2.10. The molecule has 0 saturated carbocycles. The standard InChI is InChI=1S/C16H20ClFN2O/c1-4-14-16(10(3)21)15(5-2)20(19-14)9-11-8-12(17)6-7-13(11)18/h6-8,10,21H,4-5,9H2,1-3H3. The van der Waals surface area contributed by atoms with Gasteiger partial charge >= 0.3 is 0 Å². The molecule has 0 bridgehead atoms. The van der Waals surface area contributed by atoms with E-state index in [1.54, 1.807) is 17.7 Å². The van der Waals surface area contributed by atoms with Crippen molar-refractivity contribution >= 4 is 11.6 Å². The molecule has 0 saturated heterocycles. The Morgan fingerprint density at radius 3 is 2.62 bits per heavy atom. The average molecular weight is 311 g/mol. The summed E-state index contributed by atoms with van der Waals surface area (Å²) in [5.74, 6) is -0.298. The molecule has 1 heterocycles. The molecular weight excluding hydrogens is 291 g/mol. The summed E-state index contributed by atoms with van der Waals surface area (Å²) >= 11 is 5.93.